The number of fused-ring (bicyclic) bond motifs is 1. The minimum Gasteiger partial charge on any atom is -0.456 e. The molecule has 0 aliphatic carbocycles. The number of para-hydroxylation sites is 1. The normalized spacial score (nSPS) is 10.7. The minimum absolute atomic E-state index is 0.664. The first-order valence-electron chi connectivity index (χ1n) is 6.68. The zero-order chi connectivity index (χ0) is 13.9. The van der Waals surface area contributed by atoms with Crippen LogP contribution in [0.25, 0.3) is 10.9 Å². The monoisotopic (exact) mass is 264 g/mol. The van der Waals surface area contributed by atoms with Crippen molar-refractivity contribution in [1.29, 1.82) is 0 Å². The molecule has 3 rings (SSSR count). The molecule has 0 saturated carbocycles. The quantitative estimate of drug-likeness (QED) is 0.722. The first-order valence-corrected chi connectivity index (χ1v) is 6.68. The van der Waals surface area contributed by atoms with Crippen LogP contribution < -0.4 is 10.5 Å². The van der Waals surface area contributed by atoms with Crippen molar-refractivity contribution >= 4 is 16.6 Å². The molecule has 0 unspecified atom stereocenters. The Kier molecular flexibility index (Phi) is 3.25. The molecule has 0 aliphatic heterocycles. The number of aromatic nitrogens is 1. The van der Waals surface area contributed by atoms with Gasteiger partial charge in [0.05, 0.1) is 11.2 Å². The molecule has 3 aromatic rings. The predicted molar refractivity (Wildman–Crippen MR) is 82.0 cm³/mol. The summed E-state index contributed by atoms with van der Waals surface area (Å²) in [6.07, 6.45) is 2.67. The second kappa shape index (κ2) is 5.21. The second-order valence-electron chi connectivity index (χ2n) is 4.62. The molecular formula is C17H16N2O. The highest BCUT2D eigenvalue weighted by atomic mass is 16.5. The van der Waals surface area contributed by atoms with Crippen LogP contribution >= 0.6 is 0 Å². The van der Waals surface area contributed by atoms with Crippen molar-refractivity contribution in [1.82, 2.24) is 4.98 Å². The Morgan fingerprint density at radius 3 is 2.70 bits per heavy atom. The minimum atomic E-state index is 0.664. The van der Waals surface area contributed by atoms with Crippen LogP contribution in [-0.2, 0) is 6.42 Å². The van der Waals surface area contributed by atoms with E-state index in [1.54, 1.807) is 6.20 Å². The lowest BCUT2D eigenvalue weighted by atomic mass is 10.1. The molecule has 3 nitrogen and oxygen atoms in total. The second-order valence-corrected chi connectivity index (χ2v) is 4.62. The molecule has 0 spiro atoms. The van der Waals surface area contributed by atoms with Crippen molar-refractivity contribution in [2.45, 2.75) is 13.3 Å². The van der Waals surface area contributed by atoms with Crippen LogP contribution in [0.1, 0.15) is 12.5 Å². The van der Waals surface area contributed by atoms with E-state index in [0.717, 1.165) is 28.8 Å². The standard InChI is InChI=1S/C17H16N2O/c1-2-12-6-3-4-8-15(12)20-16-10-9-14(18)17-13(16)7-5-11-19-17/h3-11H,2,18H2,1H3. The van der Waals surface area contributed by atoms with Crippen LogP contribution in [0.15, 0.2) is 54.7 Å². The molecule has 0 radical (unpaired) electrons. The fourth-order valence-electron chi connectivity index (χ4n) is 2.27. The van der Waals surface area contributed by atoms with E-state index >= 15 is 0 Å². The van der Waals surface area contributed by atoms with E-state index in [1.807, 2.05) is 42.5 Å². The van der Waals surface area contributed by atoms with Crippen LogP contribution in [0.2, 0.25) is 0 Å². The van der Waals surface area contributed by atoms with Gasteiger partial charge in [-0.25, -0.2) is 0 Å². The third-order valence-corrected chi connectivity index (χ3v) is 3.33. The average Bonchev–Trinajstić information content (AvgIpc) is 2.51. The summed E-state index contributed by atoms with van der Waals surface area (Å²) in [5, 5.41) is 0.929. The molecule has 0 amide bonds. The van der Waals surface area contributed by atoms with Gasteiger partial charge in [-0.05, 0) is 42.3 Å². The summed E-state index contributed by atoms with van der Waals surface area (Å²) in [4.78, 5) is 4.32. The third-order valence-electron chi connectivity index (χ3n) is 3.33. The summed E-state index contributed by atoms with van der Waals surface area (Å²) in [5.74, 6) is 1.66. The van der Waals surface area contributed by atoms with Gasteiger partial charge in [0, 0.05) is 11.6 Å². The maximum absolute atomic E-state index is 6.07. The van der Waals surface area contributed by atoms with Gasteiger partial charge < -0.3 is 10.5 Å². The van der Waals surface area contributed by atoms with E-state index in [9.17, 15) is 0 Å². The lowest BCUT2D eigenvalue weighted by Gasteiger charge is -2.12. The maximum atomic E-state index is 6.07. The summed E-state index contributed by atoms with van der Waals surface area (Å²) in [6, 6.07) is 15.7. The Labute approximate surface area is 118 Å². The smallest absolute Gasteiger partial charge is 0.136 e. The van der Waals surface area contributed by atoms with Gasteiger partial charge >= 0.3 is 0 Å². The van der Waals surface area contributed by atoms with Crippen molar-refractivity contribution in [2.24, 2.45) is 0 Å². The number of aryl methyl sites for hydroxylation is 1. The molecule has 3 heteroatoms. The van der Waals surface area contributed by atoms with E-state index in [-0.39, 0.29) is 0 Å². The van der Waals surface area contributed by atoms with Crippen LogP contribution in [0.5, 0.6) is 11.5 Å². The van der Waals surface area contributed by atoms with E-state index in [2.05, 4.69) is 18.0 Å². The van der Waals surface area contributed by atoms with Gasteiger partial charge in [-0.15, -0.1) is 0 Å². The Morgan fingerprint density at radius 2 is 1.85 bits per heavy atom. The van der Waals surface area contributed by atoms with Gasteiger partial charge in [0.2, 0.25) is 0 Å². The SMILES string of the molecule is CCc1ccccc1Oc1ccc(N)c2ncccc12. The summed E-state index contributed by atoms with van der Waals surface area (Å²) in [7, 11) is 0. The number of nitrogens with two attached hydrogens (primary N) is 1. The van der Waals surface area contributed by atoms with Crippen molar-refractivity contribution < 1.29 is 4.74 Å². The van der Waals surface area contributed by atoms with Gasteiger partial charge in [-0.1, -0.05) is 25.1 Å². The zero-order valence-corrected chi connectivity index (χ0v) is 11.3. The maximum Gasteiger partial charge on any atom is 0.136 e. The summed E-state index contributed by atoms with van der Waals surface area (Å²) in [6.45, 7) is 2.12. The number of ether oxygens (including phenoxy) is 1. The molecule has 0 atom stereocenters. The van der Waals surface area contributed by atoms with Crippen molar-refractivity contribution in [2.75, 3.05) is 5.73 Å². The number of nitrogen functional groups attached to an aromatic ring is 1. The number of pyridine rings is 1. The number of rotatable bonds is 3. The highest BCUT2D eigenvalue weighted by molar-refractivity contribution is 5.93. The summed E-state index contributed by atoms with van der Waals surface area (Å²) in [5.41, 5.74) is 8.58. The molecule has 1 aromatic heterocycles. The molecular weight excluding hydrogens is 248 g/mol. The molecule has 0 aliphatic rings. The zero-order valence-electron chi connectivity index (χ0n) is 11.3. The molecule has 2 N–H and O–H groups in total. The highest BCUT2D eigenvalue weighted by Gasteiger charge is 2.08. The Morgan fingerprint density at radius 1 is 1.00 bits per heavy atom. The van der Waals surface area contributed by atoms with Gasteiger partial charge in [-0.3, -0.25) is 4.98 Å². The molecule has 0 saturated heterocycles. The summed E-state index contributed by atoms with van der Waals surface area (Å²) < 4.78 is 6.07. The number of benzene rings is 2. The average molecular weight is 264 g/mol. The Bertz CT molecular complexity index is 753. The van der Waals surface area contributed by atoms with E-state index in [1.165, 1.54) is 5.56 Å². The van der Waals surface area contributed by atoms with E-state index in [4.69, 9.17) is 10.5 Å². The summed E-state index contributed by atoms with van der Waals surface area (Å²) >= 11 is 0. The van der Waals surface area contributed by atoms with Crippen molar-refractivity contribution in [3.05, 3.63) is 60.3 Å². The van der Waals surface area contributed by atoms with Gasteiger partial charge in [0.15, 0.2) is 0 Å². The lowest BCUT2D eigenvalue weighted by Crippen LogP contribution is -1.94. The lowest BCUT2D eigenvalue weighted by molar-refractivity contribution is 0.482. The van der Waals surface area contributed by atoms with Gasteiger partial charge in [-0.2, -0.15) is 0 Å². The molecule has 0 fully saturated rings. The fourth-order valence-corrected chi connectivity index (χ4v) is 2.27. The Hall–Kier alpha value is -2.55. The van der Waals surface area contributed by atoms with Crippen LogP contribution in [0.4, 0.5) is 5.69 Å². The van der Waals surface area contributed by atoms with Crippen molar-refractivity contribution in [3.8, 4) is 11.5 Å². The van der Waals surface area contributed by atoms with Gasteiger partial charge in [0.25, 0.3) is 0 Å². The number of anilines is 1. The van der Waals surface area contributed by atoms with E-state index in [0.29, 0.717) is 5.69 Å². The van der Waals surface area contributed by atoms with E-state index < -0.39 is 0 Å². The van der Waals surface area contributed by atoms with Crippen LogP contribution in [0, 0.1) is 0 Å². The first-order chi connectivity index (χ1) is 9.79. The number of hydrogen-bond acceptors (Lipinski definition) is 3. The largest absolute Gasteiger partial charge is 0.456 e. The molecule has 1 heterocycles. The molecule has 0 bridgehead atoms. The third kappa shape index (κ3) is 2.18. The first kappa shape index (κ1) is 12.5. The topological polar surface area (TPSA) is 48.1 Å². The Balaban J connectivity index is 2.09. The van der Waals surface area contributed by atoms with Crippen LogP contribution in [0.3, 0.4) is 0 Å². The highest BCUT2D eigenvalue weighted by Crippen LogP contribution is 2.33. The molecule has 20 heavy (non-hydrogen) atoms. The van der Waals surface area contributed by atoms with Crippen LogP contribution in [-0.4, -0.2) is 4.98 Å². The van der Waals surface area contributed by atoms with Crippen molar-refractivity contribution in [3.63, 3.8) is 0 Å². The predicted octanol–water partition coefficient (Wildman–Crippen LogP) is 4.17. The molecule has 100 valence electrons. The number of nitrogens with zero attached hydrogens (tertiary/aromatic N) is 1. The van der Waals surface area contributed by atoms with Gasteiger partial charge in [0.1, 0.15) is 11.5 Å². The molecule has 2 aromatic carbocycles. The fraction of sp³-hybridized carbons (Fsp3) is 0.118. The number of hydrogen-bond donors (Lipinski definition) is 1.